The van der Waals surface area contributed by atoms with Crippen molar-refractivity contribution >= 4 is 0 Å². The Hall–Kier alpha value is -0.900. The highest BCUT2D eigenvalue weighted by atomic mass is 15.2. The van der Waals surface area contributed by atoms with Gasteiger partial charge in [-0.1, -0.05) is 13.3 Å². The molecule has 4 heteroatoms. The van der Waals surface area contributed by atoms with Crippen molar-refractivity contribution in [3.05, 3.63) is 12.2 Å². The SMILES string of the molecule is CCCC1(c2ncn[nH]2)CCNCC1. The Morgan fingerprint density at radius 1 is 1.43 bits per heavy atom. The highest BCUT2D eigenvalue weighted by Crippen LogP contribution is 2.35. The molecule has 0 aromatic carbocycles. The number of H-pyrrole nitrogens is 1. The van der Waals surface area contributed by atoms with Gasteiger partial charge in [0.15, 0.2) is 0 Å². The molecule has 0 radical (unpaired) electrons. The molecule has 1 aliphatic rings. The third kappa shape index (κ3) is 1.66. The van der Waals surface area contributed by atoms with Crippen LogP contribution in [0.25, 0.3) is 0 Å². The zero-order valence-electron chi connectivity index (χ0n) is 8.71. The van der Waals surface area contributed by atoms with Crippen LogP contribution < -0.4 is 5.32 Å². The minimum atomic E-state index is 0.260. The summed E-state index contributed by atoms with van der Waals surface area (Å²) in [4.78, 5) is 4.34. The molecule has 78 valence electrons. The largest absolute Gasteiger partial charge is 0.317 e. The molecular formula is C10H18N4. The number of hydrogen-bond acceptors (Lipinski definition) is 3. The Labute approximate surface area is 84.5 Å². The molecule has 0 spiro atoms. The van der Waals surface area contributed by atoms with Crippen LogP contribution in [0.2, 0.25) is 0 Å². The van der Waals surface area contributed by atoms with E-state index in [0.29, 0.717) is 0 Å². The first-order valence-electron chi connectivity index (χ1n) is 5.44. The maximum Gasteiger partial charge on any atom is 0.137 e. The van der Waals surface area contributed by atoms with Crippen molar-refractivity contribution in [1.29, 1.82) is 0 Å². The number of piperidine rings is 1. The summed E-state index contributed by atoms with van der Waals surface area (Å²) in [6.07, 6.45) is 6.39. The summed E-state index contributed by atoms with van der Waals surface area (Å²) in [7, 11) is 0. The molecule has 0 saturated carbocycles. The molecule has 1 aliphatic heterocycles. The lowest BCUT2D eigenvalue weighted by Crippen LogP contribution is -2.40. The Morgan fingerprint density at radius 3 is 2.79 bits per heavy atom. The van der Waals surface area contributed by atoms with E-state index in [9.17, 15) is 0 Å². The van der Waals surface area contributed by atoms with Gasteiger partial charge in [-0.2, -0.15) is 5.10 Å². The molecule has 2 N–H and O–H groups in total. The van der Waals surface area contributed by atoms with E-state index in [-0.39, 0.29) is 5.41 Å². The molecular weight excluding hydrogens is 176 g/mol. The van der Waals surface area contributed by atoms with E-state index in [1.165, 1.54) is 25.7 Å². The van der Waals surface area contributed by atoms with E-state index in [2.05, 4.69) is 27.4 Å². The van der Waals surface area contributed by atoms with Crippen LogP contribution in [0.3, 0.4) is 0 Å². The van der Waals surface area contributed by atoms with Gasteiger partial charge < -0.3 is 5.32 Å². The fourth-order valence-electron chi connectivity index (χ4n) is 2.45. The molecule has 0 aliphatic carbocycles. The second kappa shape index (κ2) is 4.09. The number of aromatic amines is 1. The monoisotopic (exact) mass is 194 g/mol. The summed E-state index contributed by atoms with van der Waals surface area (Å²) in [5, 5.41) is 10.4. The molecule has 2 rings (SSSR count). The Kier molecular flexibility index (Phi) is 2.82. The summed E-state index contributed by atoms with van der Waals surface area (Å²) in [5.74, 6) is 1.08. The first-order chi connectivity index (χ1) is 6.87. The van der Waals surface area contributed by atoms with Crippen molar-refractivity contribution in [2.24, 2.45) is 0 Å². The molecule has 0 atom stereocenters. The maximum atomic E-state index is 4.34. The van der Waals surface area contributed by atoms with Crippen molar-refractivity contribution in [1.82, 2.24) is 20.5 Å². The predicted octanol–water partition coefficient (Wildman–Crippen LogP) is 1.23. The summed E-state index contributed by atoms with van der Waals surface area (Å²) in [6, 6.07) is 0. The Balaban J connectivity index is 2.20. The van der Waals surface area contributed by atoms with Gasteiger partial charge in [0, 0.05) is 5.41 Å². The summed E-state index contributed by atoms with van der Waals surface area (Å²) >= 11 is 0. The van der Waals surface area contributed by atoms with E-state index in [4.69, 9.17) is 0 Å². The van der Waals surface area contributed by atoms with Crippen LogP contribution in [-0.2, 0) is 5.41 Å². The van der Waals surface area contributed by atoms with Crippen molar-refractivity contribution in [2.75, 3.05) is 13.1 Å². The quantitative estimate of drug-likeness (QED) is 0.761. The van der Waals surface area contributed by atoms with Gasteiger partial charge in [-0.3, -0.25) is 5.10 Å². The third-order valence-electron chi connectivity index (χ3n) is 3.21. The molecule has 4 nitrogen and oxygen atoms in total. The summed E-state index contributed by atoms with van der Waals surface area (Å²) in [5.41, 5.74) is 0.260. The molecule has 2 heterocycles. The molecule has 1 fully saturated rings. The van der Waals surface area contributed by atoms with E-state index in [1.807, 2.05) is 0 Å². The number of hydrogen-bond donors (Lipinski definition) is 2. The fraction of sp³-hybridized carbons (Fsp3) is 0.800. The highest BCUT2D eigenvalue weighted by Gasteiger charge is 2.35. The second-order valence-corrected chi connectivity index (χ2v) is 4.11. The highest BCUT2D eigenvalue weighted by molar-refractivity contribution is 5.08. The normalized spacial score (nSPS) is 20.9. The van der Waals surface area contributed by atoms with Crippen LogP contribution in [0.15, 0.2) is 6.33 Å². The van der Waals surface area contributed by atoms with Crippen molar-refractivity contribution in [3.8, 4) is 0 Å². The van der Waals surface area contributed by atoms with Gasteiger partial charge in [0.2, 0.25) is 0 Å². The van der Waals surface area contributed by atoms with Gasteiger partial charge in [0.1, 0.15) is 12.2 Å². The smallest absolute Gasteiger partial charge is 0.137 e. The molecule has 0 bridgehead atoms. The predicted molar refractivity (Wildman–Crippen MR) is 55.1 cm³/mol. The molecule has 1 saturated heterocycles. The molecule has 1 aromatic heterocycles. The average Bonchev–Trinajstić information content (AvgIpc) is 2.73. The maximum absolute atomic E-state index is 4.34. The van der Waals surface area contributed by atoms with Crippen LogP contribution in [0, 0.1) is 0 Å². The lowest BCUT2D eigenvalue weighted by atomic mass is 9.75. The Morgan fingerprint density at radius 2 is 2.21 bits per heavy atom. The summed E-state index contributed by atoms with van der Waals surface area (Å²) < 4.78 is 0. The van der Waals surface area contributed by atoms with E-state index in [0.717, 1.165) is 18.9 Å². The lowest BCUT2D eigenvalue weighted by Gasteiger charge is -2.35. The van der Waals surface area contributed by atoms with E-state index in [1.54, 1.807) is 6.33 Å². The topological polar surface area (TPSA) is 53.6 Å². The lowest BCUT2D eigenvalue weighted by molar-refractivity contribution is 0.271. The standard InChI is InChI=1S/C10H18N4/c1-2-3-10(4-6-11-7-5-10)9-12-8-13-14-9/h8,11H,2-7H2,1H3,(H,12,13,14). The minimum absolute atomic E-state index is 0.260. The fourth-order valence-corrected chi connectivity index (χ4v) is 2.45. The zero-order valence-corrected chi connectivity index (χ0v) is 8.71. The van der Waals surface area contributed by atoms with Crippen LogP contribution in [-0.4, -0.2) is 28.3 Å². The minimum Gasteiger partial charge on any atom is -0.317 e. The van der Waals surface area contributed by atoms with Gasteiger partial charge in [-0.25, -0.2) is 4.98 Å². The average molecular weight is 194 g/mol. The first-order valence-corrected chi connectivity index (χ1v) is 5.44. The first kappa shape index (κ1) is 9.65. The van der Waals surface area contributed by atoms with Gasteiger partial charge in [0.05, 0.1) is 0 Å². The number of rotatable bonds is 3. The Bertz CT molecular complexity index is 256. The van der Waals surface area contributed by atoms with Gasteiger partial charge in [-0.05, 0) is 32.4 Å². The van der Waals surface area contributed by atoms with Gasteiger partial charge in [0.25, 0.3) is 0 Å². The van der Waals surface area contributed by atoms with Crippen LogP contribution >= 0.6 is 0 Å². The van der Waals surface area contributed by atoms with Crippen molar-refractivity contribution in [2.45, 2.75) is 38.0 Å². The molecule has 14 heavy (non-hydrogen) atoms. The molecule has 0 unspecified atom stereocenters. The molecule has 0 amide bonds. The van der Waals surface area contributed by atoms with Crippen LogP contribution in [0.1, 0.15) is 38.4 Å². The third-order valence-corrected chi connectivity index (χ3v) is 3.21. The second-order valence-electron chi connectivity index (χ2n) is 4.11. The zero-order chi connectivity index (χ0) is 9.86. The van der Waals surface area contributed by atoms with Crippen LogP contribution in [0.4, 0.5) is 0 Å². The van der Waals surface area contributed by atoms with Crippen LogP contribution in [0.5, 0.6) is 0 Å². The number of aromatic nitrogens is 3. The van der Waals surface area contributed by atoms with Crippen molar-refractivity contribution in [3.63, 3.8) is 0 Å². The van der Waals surface area contributed by atoms with E-state index >= 15 is 0 Å². The number of nitrogens with one attached hydrogen (secondary N) is 2. The van der Waals surface area contributed by atoms with Gasteiger partial charge in [-0.15, -0.1) is 0 Å². The van der Waals surface area contributed by atoms with E-state index < -0.39 is 0 Å². The van der Waals surface area contributed by atoms with Crippen molar-refractivity contribution < 1.29 is 0 Å². The van der Waals surface area contributed by atoms with Gasteiger partial charge >= 0.3 is 0 Å². The number of nitrogens with zero attached hydrogens (tertiary/aromatic N) is 2. The summed E-state index contributed by atoms with van der Waals surface area (Å²) in [6.45, 7) is 4.43. The molecule has 1 aromatic rings.